The highest BCUT2D eigenvalue weighted by molar-refractivity contribution is 5.94. The zero-order valence-corrected chi connectivity index (χ0v) is 14.2. The Labute approximate surface area is 146 Å². The van der Waals surface area contributed by atoms with Crippen molar-refractivity contribution in [3.8, 4) is 5.69 Å². The van der Waals surface area contributed by atoms with Gasteiger partial charge in [-0.25, -0.2) is 9.67 Å². The third kappa shape index (κ3) is 3.20. The lowest BCUT2D eigenvalue weighted by Gasteiger charge is -2.33. The van der Waals surface area contributed by atoms with Gasteiger partial charge in [0.2, 0.25) is 0 Å². The highest BCUT2D eigenvalue weighted by Crippen LogP contribution is 2.23. The average Bonchev–Trinajstić information content (AvgIpc) is 3.33. The van der Waals surface area contributed by atoms with Crippen molar-refractivity contribution >= 4 is 5.91 Å². The number of hydrogen-bond donors (Lipinski definition) is 0. The van der Waals surface area contributed by atoms with Crippen LogP contribution in [0.2, 0.25) is 0 Å². The lowest BCUT2D eigenvalue weighted by Crippen LogP contribution is -2.40. The van der Waals surface area contributed by atoms with Crippen molar-refractivity contribution in [2.75, 3.05) is 13.1 Å². The number of carbonyl (C=O) groups excluding carboxylic acids is 1. The molecule has 6 heteroatoms. The number of hydrogen-bond acceptors (Lipinski definition) is 3. The number of amides is 1. The standard InChI is InChI=1S/C19H21N5O/c1-15-8-11-24(21-15)17-6-4-16(5-7-17)19(25)22-10-2-3-18(13-22)23-12-9-20-14-23/h4-9,11-12,14,18H,2-3,10,13H2,1H3/t18-/m0/s1. The van der Waals surface area contributed by atoms with Gasteiger partial charge >= 0.3 is 0 Å². The van der Waals surface area contributed by atoms with Crippen LogP contribution in [0.15, 0.2) is 55.2 Å². The van der Waals surface area contributed by atoms with E-state index in [9.17, 15) is 4.79 Å². The molecule has 1 saturated heterocycles. The van der Waals surface area contributed by atoms with Crippen LogP contribution in [-0.2, 0) is 0 Å². The normalized spacial score (nSPS) is 17.6. The maximum absolute atomic E-state index is 12.8. The summed E-state index contributed by atoms with van der Waals surface area (Å²) in [6.07, 6.45) is 9.61. The lowest BCUT2D eigenvalue weighted by molar-refractivity contribution is 0.0679. The van der Waals surface area contributed by atoms with E-state index in [2.05, 4.69) is 14.6 Å². The van der Waals surface area contributed by atoms with Crippen LogP contribution in [-0.4, -0.2) is 43.2 Å². The second-order valence-electron chi connectivity index (χ2n) is 6.51. The molecule has 128 valence electrons. The molecule has 1 aromatic carbocycles. The van der Waals surface area contributed by atoms with Gasteiger partial charge in [-0.2, -0.15) is 5.10 Å². The van der Waals surface area contributed by atoms with E-state index in [1.165, 1.54) is 0 Å². The molecule has 1 atom stereocenters. The lowest BCUT2D eigenvalue weighted by atomic mass is 10.0. The fraction of sp³-hybridized carbons (Fsp3) is 0.316. The molecule has 0 spiro atoms. The number of nitrogens with zero attached hydrogens (tertiary/aromatic N) is 5. The number of imidazole rings is 1. The molecular formula is C19H21N5O. The molecule has 4 rings (SSSR count). The minimum atomic E-state index is 0.0908. The Morgan fingerprint density at radius 3 is 2.68 bits per heavy atom. The van der Waals surface area contributed by atoms with Crippen molar-refractivity contribution in [2.45, 2.75) is 25.8 Å². The highest BCUT2D eigenvalue weighted by atomic mass is 16.2. The van der Waals surface area contributed by atoms with E-state index in [0.717, 1.165) is 42.9 Å². The molecule has 0 bridgehead atoms. The SMILES string of the molecule is Cc1ccn(-c2ccc(C(=O)N3CCC[C@H](n4ccnc4)C3)cc2)n1. The van der Waals surface area contributed by atoms with Crippen molar-refractivity contribution in [1.29, 1.82) is 0 Å². The Balaban J connectivity index is 1.48. The molecule has 25 heavy (non-hydrogen) atoms. The average molecular weight is 335 g/mol. The Morgan fingerprint density at radius 2 is 2.00 bits per heavy atom. The quantitative estimate of drug-likeness (QED) is 0.739. The van der Waals surface area contributed by atoms with Crippen molar-refractivity contribution in [3.05, 3.63) is 66.5 Å². The van der Waals surface area contributed by atoms with Crippen LogP contribution in [0.4, 0.5) is 0 Å². The number of aromatic nitrogens is 4. The molecule has 2 aromatic heterocycles. The minimum absolute atomic E-state index is 0.0908. The summed E-state index contributed by atoms with van der Waals surface area (Å²) in [4.78, 5) is 18.9. The van der Waals surface area contributed by atoms with E-state index in [1.807, 2.05) is 65.6 Å². The third-order valence-electron chi connectivity index (χ3n) is 4.73. The number of benzene rings is 1. The predicted octanol–water partition coefficient (Wildman–Crippen LogP) is 2.85. The summed E-state index contributed by atoms with van der Waals surface area (Å²) < 4.78 is 3.92. The molecule has 0 radical (unpaired) electrons. The monoisotopic (exact) mass is 335 g/mol. The van der Waals surface area contributed by atoms with Crippen molar-refractivity contribution in [1.82, 2.24) is 24.2 Å². The molecule has 1 aliphatic rings. The summed E-state index contributed by atoms with van der Waals surface area (Å²) >= 11 is 0. The Hall–Kier alpha value is -2.89. The minimum Gasteiger partial charge on any atom is -0.337 e. The number of rotatable bonds is 3. The smallest absolute Gasteiger partial charge is 0.253 e. The summed E-state index contributed by atoms with van der Waals surface area (Å²) in [6, 6.07) is 9.92. The molecule has 6 nitrogen and oxygen atoms in total. The number of carbonyl (C=O) groups is 1. The van der Waals surface area contributed by atoms with Crippen molar-refractivity contribution < 1.29 is 4.79 Å². The maximum atomic E-state index is 12.8. The molecule has 1 fully saturated rings. The third-order valence-corrected chi connectivity index (χ3v) is 4.73. The molecule has 0 aliphatic carbocycles. The van der Waals surface area contributed by atoms with Gasteiger partial charge in [0, 0.05) is 37.2 Å². The predicted molar refractivity (Wildman–Crippen MR) is 94.7 cm³/mol. The molecular weight excluding hydrogens is 314 g/mol. The van der Waals surface area contributed by atoms with E-state index < -0.39 is 0 Å². The second-order valence-corrected chi connectivity index (χ2v) is 6.51. The first-order chi connectivity index (χ1) is 12.2. The molecule has 0 unspecified atom stereocenters. The van der Waals surface area contributed by atoms with Gasteiger partial charge in [-0.1, -0.05) is 0 Å². The summed E-state index contributed by atoms with van der Waals surface area (Å²) in [6.45, 7) is 3.50. The molecule has 0 saturated carbocycles. The van der Waals surface area contributed by atoms with Crippen molar-refractivity contribution in [2.24, 2.45) is 0 Å². The van der Waals surface area contributed by atoms with Gasteiger partial charge < -0.3 is 9.47 Å². The van der Waals surface area contributed by atoms with Gasteiger partial charge in [0.05, 0.1) is 23.8 Å². The van der Waals surface area contributed by atoms with Crippen LogP contribution < -0.4 is 0 Å². The van der Waals surface area contributed by atoms with Crippen LogP contribution in [0.1, 0.15) is 34.9 Å². The van der Waals surface area contributed by atoms with Crippen molar-refractivity contribution in [3.63, 3.8) is 0 Å². The first kappa shape index (κ1) is 15.6. The zero-order valence-electron chi connectivity index (χ0n) is 14.2. The van der Waals surface area contributed by atoms with Gasteiger partial charge in [0.1, 0.15) is 0 Å². The Bertz CT molecular complexity index is 850. The summed E-state index contributed by atoms with van der Waals surface area (Å²) in [5.41, 5.74) is 2.65. The van der Waals surface area contributed by atoms with Crippen LogP contribution in [0.25, 0.3) is 5.69 Å². The van der Waals surface area contributed by atoms with Gasteiger partial charge in [-0.15, -0.1) is 0 Å². The van der Waals surface area contributed by atoms with Gasteiger partial charge in [0.15, 0.2) is 0 Å². The fourth-order valence-electron chi connectivity index (χ4n) is 3.37. The van der Waals surface area contributed by atoms with E-state index in [1.54, 1.807) is 6.20 Å². The first-order valence-corrected chi connectivity index (χ1v) is 8.60. The number of piperidine rings is 1. The molecule has 1 aliphatic heterocycles. The highest BCUT2D eigenvalue weighted by Gasteiger charge is 2.25. The summed E-state index contributed by atoms with van der Waals surface area (Å²) in [5.74, 6) is 0.0908. The summed E-state index contributed by atoms with van der Waals surface area (Å²) in [5, 5.41) is 4.40. The van der Waals surface area contributed by atoms with E-state index in [4.69, 9.17) is 0 Å². The summed E-state index contributed by atoms with van der Waals surface area (Å²) in [7, 11) is 0. The molecule has 3 aromatic rings. The molecule has 3 heterocycles. The van der Waals surface area contributed by atoms with E-state index in [-0.39, 0.29) is 5.91 Å². The van der Waals surface area contributed by atoms with Gasteiger partial charge in [-0.3, -0.25) is 4.79 Å². The van der Waals surface area contributed by atoms with E-state index in [0.29, 0.717) is 6.04 Å². The molecule has 0 N–H and O–H groups in total. The number of aryl methyl sites for hydroxylation is 1. The Kier molecular flexibility index (Phi) is 4.09. The largest absolute Gasteiger partial charge is 0.337 e. The second kappa shape index (κ2) is 6.55. The first-order valence-electron chi connectivity index (χ1n) is 8.60. The van der Waals surface area contributed by atoms with Crippen LogP contribution >= 0.6 is 0 Å². The van der Waals surface area contributed by atoms with Gasteiger partial charge in [-0.05, 0) is 50.1 Å². The Morgan fingerprint density at radius 1 is 1.16 bits per heavy atom. The molecule has 1 amide bonds. The van der Waals surface area contributed by atoms with Gasteiger partial charge in [0.25, 0.3) is 5.91 Å². The van der Waals surface area contributed by atoms with Crippen LogP contribution in [0.3, 0.4) is 0 Å². The van der Waals surface area contributed by atoms with Crippen LogP contribution in [0.5, 0.6) is 0 Å². The zero-order chi connectivity index (χ0) is 17.2. The maximum Gasteiger partial charge on any atom is 0.253 e. The van der Waals surface area contributed by atoms with E-state index >= 15 is 0 Å². The fourth-order valence-corrected chi connectivity index (χ4v) is 3.37. The topological polar surface area (TPSA) is 56.0 Å². The van der Waals surface area contributed by atoms with Crippen LogP contribution in [0, 0.1) is 6.92 Å². The number of likely N-dealkylation sites (tertiary alicyclic amines) is 1.